The highest BCUT2D eigenvalue weighted by Gasteiger charge is 2.27. The lowest BCUT2D eigenvalue weighted by Crippen LogP contribution is -2.34. The number of rotatable bonds is 7. The third-order valence-corrected chi connectivity index (χ3v) is 5.66. The summed E-state index contributed by atoms with van der Waals surface area (Å²) >= 11 is 0. The molecule has 0 fully saturated rings. The van der Waals surface area contributed by atoms with Crippen molar-refractivity contribution >= 4 is 12.1 Å². The Hall–Kier alpha value is -3.91. The lowest BCUT2D eigenvalue weighted by molar-refractivity contribution is -0.139. The van der Waals surface area contributed by atoms with Crippen LogP contribution in [0.4, 0.5) is 9.18 Å². The number of hydrogen-bond acceptors (Lipinski definition) is 6. The van der Waals surface area contributed by atoms with E-state index in [-0.39, 0.29) is 25.4 Å². The summed E-state index contributed by atoms with van der Waals surface area (Å²) in [6.07, 6.45) is -0.715. The van der Waals surface area contributed by atoms with Crippen LogP contribution in [-0.4, -0.2) is 35.9 Å². The summed E-state index contributed by atoms with van der Waals surface area (Å²) < 4.78 is 25.4. The van der Waals surface area contributed by atoms with Gasteiger partial charge in [-0.05, 0) is 34.7 Å². The Kier molecular flexibility index (Phi) is 7.08. The van der Waals surface area contributed by atoms with Crippen molar-refractivity contribution in [3.05, 3.63) is 88.7 Å². The SMILES string of the molecule is COc1c(CC(=O)O)cccc1-c1ccc(F)c2c1CN(OC(=O)OCc1ccccc1)CC2. The van der Waals surface area contributed by atoms with Gasteiger partial charge >= 0.3 is 12.1 Å². The van der Waals surface area contributed by atoms with Crippen LogP contribution in [0.5, 0.6) is 5.75 Å². The largest absolute Gasteiger partial charge is 0.528 e. The molecule has 1 N–H and O–H groups in total. The Morgan fingerprint density at radius 3 is 2.53 bits per heavy atom. The molecule has 0 aliphatic carbocycles. The Balaban J connectivity index is 1.57. The van der Waals surface area contributed by atoms with Crippen LogP contribution >= 0.6 is 0 Å². The number of hydroxylamine groups is 2. The minimum atomic E-state index is -0.981. The molecular formula is C26H24FNO6. The predicted molar refractivity (Wildman–Crippen MR) is 122 cm³/mol. The third kappa shape index (κ3) is 5.18. The first kappa shape index (κ1) is 23.3. The van der Waals surface area contributed by atoms with E-state index < -0.39 is 12.1 Å². The van der Waals surface area contributed by atoms with Crippen LogP contribution in [0, 0.1) is 5.82 Å². The highest BCUT2D eigenvalue weighted by atomic mass is 19.1. The van der Waals surface area contributed by atoms with Crippen LogP contribution in [0.2, 0.25) is 0 Å². The van der Waals surface area contributed by atoms with Gasteiger partial charge in [-0.15, -0.1) is 5.06 Å². The van der Waals surface area contributed by atoms with Crippen molar-refractivity contribution in [2.45, 2.75) is 26.0 Å². The molecule has 0 saturated heterocycles. The Labute approximate surface area is 196 Å². The van der Waals surface area contributed by atoms with Gasteiger partial charge in [0, 0.05) is 17.7 Å². The maximum absolute atomic E-state index is 14.6. The average Bonchev–Trinajstić information content (AvgIpc) is 2.83. The molecule has 0 atom stereocenters. The van der Waals surface area contributed by atoms with Gasteiger partial charge in [0.05, 0.1) is 20.1 Å². The molecule has 0 bridgehead atoms. The first-order valence-corrected chi connectivity index (χ1v) is 10.8. The summed E-state index contributed by atoms with van der Waals surface area (Å²) in [5, 5.41) is 10.7. The molecule has 0 unspecified atom stereocenters. The van der Waals surface area contributed by atoms with E-state index in [1.807, 2.05) is 30.3 Å². The minimum absolute atomic E-state index is 0.0809. The van der Waals surface area contributed by atoms with Crippen molar-refractivity contribution < 1.29 is 33.4 Å². The highest BCUT2D eigenvalue weighted by Crippen LogP contribution is 2.39. The minimum Gasteiger partial charge on any atom is -0.496 e. The molecule has 3 aromatic rings. The van der Waals surface area contributed by atoms with Gasteiger partial charge < -0.3 is 19.4 Å². The van der Waals surface area contributed by atoms with Crippen LogP contribution in [-0.2, 0) is 40.4 Å². The molecule has 0 aromatic heterocycles. The molecule has 4 rings (SSSR count). The fraction of sp³-hybridized carbons (Fsp3) is 0.231. The summed E-state index contributed by atoms with van der Waals surface area (Å²) in [4.78, 5) is 28.9. The van der Waals surface area contributed by atoms with E-state index in [1.165, 1.54) is 18.2 Å². The van der Waals surface area contributed by atoms with Gasteiger partial charge in [0.25, 0.3) is 0 Å². The van der Waals surface area contributed by atoms with Gasteiger partial charge in [0.2, 0.25) is 0 Å². The van der Waals surface area contributed by atoms with Gasteiger partial charge in [0.15, 0.2) is 0 Å². The standard InChI is InChI=1S/C26H24FNO6/c1-32-25-18(14-24(29)30)8-5-9-21(25)19-10-11-23(27)20-12-13-28(15-22(19)20)34-26(31)33-16-17-6-3-2-4-7-17/h2-11H,12-16H2,1H3,(H,29,30). The normalized spacial score (nSPS) is 13.1. The van der Waals surface area contributed by atoms with E-state index in [0.717, 1.165) is 5.56 Å². The van der Waals surface area contributed by atoms with Crippen LogP contribution in [0.1, 0.15) is 22.3 Å². The number of hydrogen-bond donors (Lipinski definition) is 1. The van der Waals surface area contributed by atoms with Gasteiger partial charge in [-0.1, -0.05) is 54.6 Å². The number of carboxylic acids is 1. The average molecular weight is 465 g/mol. The number of para-hydroxylation sites is 1. The zero-order valence-electron chi connectivity index (χ0n) is 18.6. The molecule has 8 heteroatoms. The summed E-state index contributed by atoms with van der Waals surface area (Å²) in [5.41, 5.74) is 3.85. The maximum atomic E-state index is 14.6. The van der Waals surface area contributed by atoms with Gasteiger partial charge in [-0.25, -0.2) is 9.18 Å². The number of aliphatic carboxylic acids is 1. The summed E-state index contributed by atoms with van der Waals surface area (Å²) in [5.74, 6) is -0.907. The molecule has 0 spiro atoms. The summed E-state index contributed by atoms with van der Waals surface area (Å²) in [6, 6.07) is 17.5. The first-order valence-electron chi connectivity index (χ1n) is 10.8. The zero-order chi connectivity index (χ0) is 24.1. The number of fused-ring (bicyclic) bond motifs is 1. The van der Waals surface area contributed by atoms with Crippen LogP contribution in [0.25, 0.3) is 11.1 Å². The van der Waals surface area contributed by atoms with Crippen molar-refractivity contribution in [3.63, 3.8) is 0 Å². The molecule has 1 aliphatic rings. The molecule has 0 saturated carbocycles. The van der Waals surface area contributed by atoms with Crippen molar-refractivity contribution in [2.75, 3.05) is 13.7 Å². The quantitative estimate of drug-likeness (QED) is 0.504. The fourth-order valence-corrected chi connectivity index (χ4v) is 4.13. The zero-order valence-corrected chi connectivity index (χ0v) is 18.6. The number of benzene rings is 3. The molecule has 1 aliphatic heterocycles. The number of carbonyl (C=O) groups is 2. The molecule has 0 radical (unpaired) electrons. The molecule has 0 amide bonds. The van der Waals surface area contributed by atoms with E-state index in [2.05, 4.69) is 0 Å². The lowest BCUT2D eigenvalue weighted by atomic mass is 9.90. The third-order valence-electron chi connectivity index (χ3n) is 5.66. The van der Waals surface area contributed by atoms with E-state index in [1.54, 1.807) is 24.3 Å². The smallest absolute Gasteiger partial charge is 0.496 e. The van der Waals surface area contributed by atoms with Gasteiger partial charge in [0.1, 0.15) is 18.2 Å². The maximum Gasteiger partial charge on any atom is 0.528 e. The van der Waals surface area contributed by atoms with Gasteiger partial charge in [-0.3, -0.25) is 4.79 Å². The molecule has 1 heterocycles. The van der Waals surface area contributed by atoms with Crippen LogP contribution in [0.3, 0.4) is 0 Å². The van der Waals surface area contributed by atoms with E-state index in [0.29, 0.717) is 46.5 Å². The van der Waals surface area contributed by atoms with Crippen LogP contribution < -0.4 is 4.74 Å². The molecule has 176 valence electrons. The fourth-order valence-electron chi connectivity index (χ4n) is 4.13. The van der Waals surface area contributed by atoms with Crippen molar-refractivity contribution in [1.82, 2.24) is 5.06 Å². The molecule has 3 aromatic carbocycles. The second-order valence-corrected chi connectivity index (χ2v) is 7.85. The van der Waals surface area contributed by atoms with Crippen molar-refractivity contribution in [2.24, 2.45) is 0 Å². The number of carbonyl (C=O) groups excluding carboxylic acids is 1. The second kappa shape index (κ2) is 10.4. The summed E-state index contributed by atoms with van der Waals surface area (Å²) in [7, 11) is 1.47. The lowest BCUT2D eigenvalue weighted by Gasteiger charge is -2.29. The molecule has 7 nitrogen and oxygen atoms in total. The van der Waals surface area contributed by atoms with Crippen LogP contribution in [0.15, 0.2) is 60.7 Å². The number of carboxylic acid groups (broad SMARTS) is 1. The predicted octanol–water partition coefficient (Wildman–Crippen LogP) is 4.75. The highest BCUT2D eigenvalue weighted by molar-refractivity contribution is 5.79. The van der Waals surface area contributed by atoms with E-state index in [9.17, 15) is 19.1 Å². The van der Waals surface area contributed by atoms with E-state index >= 15 is 0 Å². The summed E-state index contributed by atoms with van der Waals surface area (Å²) in [6.45, 7) is 0.538. The number of methoxy groups -OCH3 is 1. The number of halogens is 1. The van der Waals surface area contributed by atoms with Crippen molar-refractivity contribution in [3.8, 4) is 16.9 Å². The monoisotopic (exact) mass is 465 g/mol. The number of ether oxygens (including phenoxy) is 2. The second-order valence-electron chi connectivity index (χ2n) is 7.85. The Morgan fingerprint density at radius 1 is 1.00 bits per heavy atom. The van der Waals surface area contributed by atoms with E-state index in [4.69, 9.17) is 14.3 Å². The van der Waals surface area contributed by atoms with Crippen molar-refractivity contribution in [1.29, 1.82) is 0 Å². The molecule has 34 heavy (non-hydrogen) atoms. The molecular weight excluding hydrogens is 441 g/mol. The first-order chi connectivity index (χ1) is 16.5. The Bertz CT molecular complexity index is 1200. The topological polar surface area (TPSA) is 85.3 Å². The number of nitrogens with zero attached hydrogens (tertiary/aromatic N) is 1. The Morgan fingerprint density at radius 2 is 1.79 bits per heavy atom. The van der Waals surface area contributed by atoms with Gasteiger partial charge in [-0.2, -0.15) is 0 Å².